The molecule has 1 aromatic rings. The third-order valence-corrected chi connectivity index (χ3v) is 7.21. The van der Waals surface area contributed by atoms with E-state index < -0.39 is 22.6 Å². The van der Waals surface area contributed by atoms with Gasteiger partial charge in [0, 0.05) is 32.7 Å². The molecule has 0 unspecified atom stereocenters. The number of hydrogen-bond donors (Lipinski definition) is 1. The van der Waals surface area contributed by atoms with E-state index in [2.05, 4.69) is 5.32 Å². The van der Waals surface area contributed by atoms with Crippen LogP contribution in [0, 0.1) is 0 Å². The SMILES string of the molecule is CCCCNC(=O)COC(=O)c1cc(S(=O)(=O)N(CC)CC)ccc1N1CCCC1. The highest BCUT2D eigenvalue weighted by Crippen LogP contribution is 2.29. The highest BCUT2D eigenvalue weighted by molar-refractivity contribution is 7.89. The molecular formula is C21H33N3O5S. The van der Waals surface area contributed by atoms with Crippen molar-refractivity contribution >= 4 is 27.6 Å². The average Bonchev–Trinajstić information content (AvgIpc) is 3.27. The zero-order valence-electron chi connectivity index (χ0n) is 18.1. The van der Waals surface area contributed by atoms with E-state index in [0.29, 0.717) is 25.3 Å². The minimum Gasteiger partial charge on any atom is -0.452 e. The van der Waals surface area contributed by atoms with Crippen molar-refractivity contribution in [2.75, 3.05) is 44.2 Å². The number of sulfonamides is 1. The number of nitrogens with zero attached hydrogens (tertiary/aromatic N) is 2. The fourth-order valence-corrected chi connectivity index (χ4v) is 4.93. The molecule has 1 fully saturated rings. The predicted molar refractivity (Wildman–Crippen MR) is 116 cm³/mol. The first kappa shape index (κ1) is 24.1. The summed E-state index contributed by atoms with van der Waals surface area (Å²) in [5.41, 5.74) is 0.814. The van der Waals surface area contributed by atoms with Gasteiger partial charge in [-0.2, -0.15) is 4.31 Å². The van der Waals surface area contributed by atoms with Gasteiger partial charge in [-0.25, -0.2) is 13.2 Å². The Balaban J connectivity index is 2.27. The van der Waals surface area contributed by atoms with Gasteiger partial charge < -0.3 is 15.0 Å². The maximum atomic E-state index is 12.9. The molecule has 0 atom stereocenters. The summed E-state index contributed by atoms with van der Waals surface area (Å²) in [6.45, 7) is 7.95. The van der Waals surface area contributed by atoms with Crippen molar-refractivity contribution in [1.82, 2.24) is 9.62 Å². The number of anilines is 1. The van der Waals surface area contributed by atoms with Crippen LogP contribution in [0.1, 0.15) is 56.8 Å². The number of esters is 1. The second kappa shape index (κ2) is 11.3. The highest BCUT2D eigenvalue weighted by Gasteiger charge is 2.27. The van der Waals surface area contributed by atoms with Crippen LogP contribution in [0.15, 0.2) is 23.1 Å². The van der Waals surface area contributed by atoms with Gasteiger partial charge in [0.05, 0.1) is 16.1 Å². The molecule has 30 heavy (non-hydrogen) atoms. The van der Waals surface area contributed by atoms with E-state index in [1.54, 1.807) is 19.9 Å². The lowest BCUT2D eigenvalue weighted by atomic mass is 10.1. The monoisotopic (exact) mass is 439 g/mol. The predicted octanol–water partition coefficient (Wildman–Crippen LogP) is 2.39. The van der Waals surface area contributed by atoms with E-state index in [9.17, 15) is 18.0 Å². The molecule has 0 bridgehead atoms. The second-order valence-electron chi connectivity index (χ2n) is 7.24. The number of rotatable bonds is 11. The molecule has 1 N–H and O–H groups in total. The summed E-state index contributed by atoms with van der Waals surface area (Å²) in [6.07, 6.45) is 3.82. The Kier molecular flexibility index (Phi) is 9.10. The van der Waals surface area contributed by atoms with Crippen molar-refractivity contribution in [3.05, 3.63) is 23.8 Å². The van der Waals surface area contributed by atoms with Gasteiger partial charge in [-0.15, -0.1) is 0 Å². The normalized spacial score (nSPS) is 14.2. The van der Waals surface area contributed by atoms with Crippen molar-refractivity contribution < 1.29 is 22.7 Å². The molecule has 1 aliphatic heterocycles. The number of ether oxygens (including phenoxy) is 1. The lowest BCUT2D eigenvalue weighted by Crippen LogP contribution is -2.31. The lowest BCUT2D eigenvalue weighted by Gasteiger charge is -2.23. The number of amides is 1. The molecule has 0 saturated carbocycles. The molecule has 168 valence electrons. The van der Waals surface area contributed by atoms with Gasteiger partial charge in [0.1, 0.15) is 0 Å². The molecule has 0 aliphatic carbocycles. The average molecular weight is 440 g/mol. The van der Waals surface area contributed by atoms with Crippen molar-refractivity contribution in [2.24, 2.45) is 0 Å². The maximum Gasteiger partial charge on any atom is 0.340 e. The zero-order chi connectivity index (χ0) is 22.1. The van der Waals surface area contributed by atoms with E-state index in [-0.39, 0.29) is 16.4 Å². The van der Waals surface area contributed by atoms with Crippen molar-refractivity contribution in [3.8, 4) is 0 Å². The van der Waals surface area contributed by atoms with Crippen molar-refractivity contribution in [3.63, 3.8) is 0 Å². The molecule has 8 nitrogen and oxygen atoms in total. The number of nitrogens with one attached hydrogen (secondary N) is 1. The van der Waals surface area contributed by atoms with E-state index in [0.717, 1.165) is 38.8 Å². The second-order valence-corrected chi connectivity index (χ2v) is 9.18. The number of carbonyl (C=O) groups is 2. The Morgan fingerprint density at radius 1 is 1.13 bits per heavy atom. The first-order chi connectivity index (χ1) is 14.3. The summed E-state index contributed by atoms with van der Waals surface area (Å²) in [7, 11) is -3.72. The van der Waals surface area contributed by atoms with Gasteiger partial charge in [0.15, 0.2) is 6.61 Å². The molecule has 0 radical (unpaired) electrons. The van der Waals surface area contributed by atoms with Gasteiger partial charge in [0.25, 0.3) is 5.91 Å². The fraction of sp³-hybridized carbons (Fsp3) is 0.619. The molecule has 1 aliphatic rings. The Bertz CT molecular complexity index is 831. The van der Waals surface area contributed by atoms with Crippen molar-refractivity contribution in [1.29, 1.82) is 0 Å². The van der Waals surface area contributed by atoms with Crippen LogP contribution in [0.3, 0.4) is 0 Å². The summed E-state index contributed by atoms with van der Waals surface area (Å²) in [6, 6.07) is 4.58. The summed E-state index contributed by atoms with van der Waals surface area (Å²) in [5.74, 6) is -1.06. The third kappa shape index (κ3) is 5.95. The molecule has 1 aromatic carbocycles. The molecule has 2 rings (SSSR count). The van der Waals surface area contributed by atoms with Gasteiger partial charge in [0.2, 0.25) is 10.0 Å². The summed E-state index contributed by atoms with van der Waals surface area (Å²) < 4.78 is 32.4. The van der Waals surface area contributed by atoms with Crippen LogP contribution in [0.4, 0.5) is 5.69 Å². The Morgan fingerprint density at radius 3 is 2.40 bits per heavy atom. The molecule has 0 spiro atoms. The molecule has 1 saturated heterocycles. The number of benzene rings is 1. The third-order valence-electron chi connectivity index (χ3n) is 5.16. The Morgan fingerprint density at radius 2 is 1.80 bits per heavy atom. The summed E-state index contributed by atoms with van der Waals surface area (Å²) in [5, 5.41) is 2.70. The van der Waals surface area contributed by atoms with Crippen LogP contribution < -0.4 is 10.2 Å². The topological polar surface area (TPSA) is 96.0 Å². The van der Waals surface area contributed by atoms with Crippen LogP contribution in [0.25, 0.3) is 0 Å². The maximum absolute atomic E-state index is 12.9. The minimum atomic E-state index is -3.72. The molecular weight excluding hydrogens is 406 g/mol. The van der Waals surface area contributed by atoms with E-state index in [1.807, 2.05) is 11.8 Å². The smallest absolute Gasteiger partial charge is 0.340 e. The van der Waals surface area contributed by atoms with Crippen LogP contribution in [-0.4, -0.2) is 63.9 Å². The first-order valence-electron chi connectivity index (χ1n) is 10.7. The number of unbranched alkanes of at least 4 members (excludes halogenated alkanes) is 1. The van der Waals surface area contributed by atoms with E-state index >= 15 is 0 Å². The first-order valence-corrected chi connectivity index (χ1v) is 12.1. The van der Waals surface area contributed by atoms with Crippen LogP contribution in [0.2, 0.25) is 0 Å². The van der Waals surface area contributed by atoms with Crippen LogP contribution in [-0.2, 0) is 19.6 Å². The largest absolute Gasteiger partial charge is 0.452 e. The Hall–Kier alpha value is -2.13. The molecule has 1 amide bonds. The summed E-state index contributed by atoms with van der Waals surface area (Å²) in [4.78, 5) is 26.8. The van der Waals surface area contributed by atoms with Crippen LogP contribution in [0.5, 0.6) is 0 Å². The van der Waals surface area contributed by atoms with Gasteiger partial charge in [-0.3, -0.25) is 4.79 Å². The zero-order valence-corrected chi connectivity index (χ0v) is 19.0. The van der Waals surface area contributed by atoms with Crippen molar-refractivity contribution in [2.45, 2.75) is 51.3 Å². The van der Waals surface area contributed by atoms with Gasteiger partial charge >= 0.3 is 5.97 Å². The fourth-order valence-electron chi connectivity index (χ4n) is 3.45. The van der Waals surface area contributed by atoms with Crippen LogP contribution >= 0.6 is 0 Å². The number of carbonyl (C=O) groups excluding carboxylic acids is 2. The summed E-state index contributed by atoms with van der Waals surface area (Å²) >= 11 is 0. The minimum absolute atomic E-state index is 0.0495. The molecule has 1 heterocycles. The lowest BCUT2D eigenvalue weighted by molar-refractivity contribution is -0.124. The van der Waals surface area contributed by atoms with E-state index in [4.69, 9.17) is 4.74 Å². The van der Waals surface area contributed by atoms with E-state index in [1.165, 1.54) is 16.4 Å². The highest BCUT2D eigenvalue weighted by atomic mass is 32.2. The molecule has 9 heteroatoms. The quantitative estimate of drug-likeness (QED) is 0.420. The Labute approximate surface area is 179 Å². The molecule has 0 aromatic heterocycles. The number of hydrogen-bond acceptors (Lipinski definition) is 6. The van der Waals surface area contributed by atoms with Gasteiger partial charge in [-0.1, -0.05) is 27.2 Å². The van der Waals surface area contributed by atoms with Gasteiger partial charge in [-0.05, 0) is 37.5 Å². The standard InChI is InChI=1S/C21H33N3O5S/c1-4-7-12-22-20(25)16-29-21(26)18-15-17(30(27,28)24(5-2)6-3)10-11-19(18)23-13-8-9-14-23/h10-11,15H,4-9,12-14,16H2,1-3H3,(H,22,25).